The number of benzene rings is 1. The molecule has 19 heavy (non-hydrogen) atoms. The van der Waals surface area contributed by atoms with E-state index in [4.69, 9.17) is 11.6 Å². The molecule has 3 nitrogen and oxygen atoms in total. The molecule has 1 unspecified atom stereocenters. The maximum absolute atomic E-state index is 12.1. The van der Waals surface area contributed by atoms with Crippen LogP contribution >= 0.6 is 24.2 Å². The van der Waals surface area contributed by atoms with Gasteiger partial charge in [0.25, 0.3) is 0 Å². The van der Waals surface area contributed by atoms with Crippen LogP contribution in [0.5, 0.6) is 0 Å². The molecule has 1 fully saturated rings. The van der Waals surface area contributed by atoms with E-state index in [9.17, 15) is 4.79 Å². The molecule has 1 aromatic heterocycles. The maximum atomic E-state index is 12.1. The number of nitrogens with zero attached hydrogens (tertiary/aromatic N) is 2. The summed E-state index contributed by atoms with van der Waals surface area (Å²) >= 11 is 10.3. The van der Waals surface area contributed by atoms with E-state index in [0.717, 1.165) is 22.3 Å². The predicted molar refractivity (Wildman–Crippen MR) is 81.1 cm³/mol. The molecule has 2 heterocycles. The molecule has 0 spiro atoms. The summed E-state index contributed by atoms with van der Waals surface area (Å²) in [6.07, 6.45) is 0.553. The van der Waals surface area contributed by atoms with E-state index in [1.807, 2.05) is 24.3 Å². The third-order valence-corrected chi connectivity index (χ3v) is 4.13. The van der Waals surface area contributed by atoms with Crippen LogP contribution in [0.25, 0.3) is 10.9 Å². The van der Waals surface area contributed by atoms with Gasteiger partial charge in [-0.1, -0.05) is 29.8 Å². The van der Waals surface area contributed by atoms with Crippen LogP contribution in [0.3, 0.4) is 0 Å². The van der Waals surface area contributed by atoms with Crippen LogP contribution in [0.2, 0.25) is 5.15 Å². The Morgan fingerprint density at radius 1 is 1.42 bits per heavy atom. The third-order valence-electron chi connectivity index (χ3n) is 3.42. The number of hydrogen-bond donors (Lipinski definition) is 1. The Morgan fingerprint density at radius 2 is 2.21 bits per heavy atom. The van der Waals surface area contributed by atoms with E-state index in [-0.39, 0.29) is 5.91 Å². The second-order valence-corrected chi connectivity index (χ2v) is 5.49. The van der Waals surface area contributed by atoms with Crippen molar-refractivity contribution in [2.75, 3.05) is 17.2 Å². The second-order valence-electron chi connectivity index (χ2n) is 4.74. The molecular weight excluding hydrogens is 280 g/mol. The fraction of sp³-hybridized carbons (Fsp3) is 0.286. The third kappa shape index (κ3) is 2.30. The second kappa shape index (κ2) is 5.02. The molecule has 2 aromatic rings. The van der Waals surface area contributed by atoms with Gasteiger partial charge in [-0.2, -0.15) is 12.6 Å². The zero-order valence-electron chi connectivity index (χ0n) is 10.2. The number of carbonyl (C=O) groups excluding carboxylic acids is 1. The van der Waals surface area contributed by atoms with Crippen LogP contribution in [0, 0.1) is 5.92 Å². The Bertz CT molecular complexity index is 646. The van der Waals surface area contributed by atoms with Gasteiger partial charge in [-0.05, 0) is 23.8 Å². The fourth-order valence-corrected chi connectivity index (χ4v) is 2.92. The average Bonchev–Trinajstić information content (AvgIpc) is 2.79. The Kier molecular flexibility index (Phi) is 3.37. The summed E-state index contributed by atoms with van der Waals surface area (Å²) in [4.78, 5) is 18.2. The van der Waals surface area contributed by atoms with Crippen LogP contribution in [-0.2, 0) is 4.79 Å². The highest BCUT2D eigenvalue weighted by atomic mass is 35.5. The summed E-state index contributed by atoms with van der Waals surface area (Å²) in [5.41, 5.74) is 1.66. The molecule has 1 amide bonds. The van der Waals surface area contributed by atoms with E-state index >= 15 is 0 Å². The molecule has 0 saturated carbocycles. The average molecular weight is 293 g/mol. The summed E-state index contributed by atoms with van der Waals surface area (Å²) in [7, 11) is 0. The van der Waals surface area contributed by atoms with Gasteiger partial charge in [-0.3, -0.25) is 4.79 Å². The molecule has 5 heteroatoms. The summed E-state index contributed by atoms with van der Waals surface area (Å²) in [5, 5.41) is 1.37. The van der Waals surface area contributed by atoms with Crippen molar-refractivity contribution in [1.29, 1.82) is 0 Å². The molecule has 98 valence electrons. The first kappa shape index (κ1) is 12.8. The summed E-state index contributed by atoms with van der Waals surface area (Å²) < 4.78 is 0. The predicted octanol–water partition coefficient (Wildman–Crippen LogP) is 3.17. The van der Waals surface area contributed by atoms with Crippen molar-refractivity contribution < 1.29 is 4.79 Å². The van der Waals surface area contributed by atoms with E-state index in [1.54, 1.807) is 11.0 Å². The van der Waals surface area contributed by atoms with Crippen molar-refractivity contribution in [3.63, 3.8) is 0 Å². The first-order valence-corrected chi connectivity index (χ1v) is 7.16. The molecule has 1 aliphatic heterocycles. The lowest BCUT2D eigenvalue weighted by molar-refractivity contribution is -0.117. The van der Waals surface area contributed by atoms with Crippen molar-refractivity contribution in [2.24, 2.45) is 5.92 Å². The largest absolute Gasteiger partial charge is 0.311 e. The molecule has 1 atom stereocenters. The number of carbonyl (C=O) groups is 1. The van der Waals surface area contributed by atoms with Gasteiger partial charge in [0.15, 0.2) is 0 Å². The highest BCUT2D eigenvalue weighted by molar-refractivity contribution is 7.80. The van der Waals surface area contributed by atoms with Crippen molar-refractivity contribution in [1.82, 2.24) is 4.98 Å². The lowest BCUT2D eigenvalue weighted by Crippen LogP contribution is -2.25. The van der Waals surface area contributed by atoms with Crippen LogP contribution in [0.1, 0.15) is 6.42 Å². The normalized spacial score (nSPS) is 19.4. The molecule has 1 saturated heterocycles. The first-order chi connectivity index (χ1) is 9.19. The number of amides is 1. The SMILES string of the molecule is O=C1CC(CS)CN1c1cc(Cl)nc2ccccc12. The van der Waals surface area contributed by atoms with Gasteiger partial charge in [-0.25, -0.2) is 4.98 Å². The number of halogens is 1. The minimum atomic E-state index is 0.131. The number of thiol groups is 1. The molecule has 0 aliphatic carbocycles. The van der Waals surface area contributed by atoms with Gasteiger partial charge < -0.3 is 4.90 Å². The zero-order valence-corrected chi connectivity index (χ0v) is 11.9. The van der Waals surface area contributed by atoms with Gasteiger partial charge in [0.2, 0.25) is 5.91 Å². The van der Waals surface area contributed by atoms with E-state index in [2.05, 4.69) is 17.6 Å². The summed E-state index contributed by atoms with van der Waals surface area (Å²) in [6.45, 7) is 0.701. The Morgan fingerprint density at radius 3 is 2.95 bits per heavy atom. The quantitative estimate of drug-likeness (QED) is 0.681. The Labute approximate surface area is 122 Å². The summed E-state index contributed by atoms with van der Waals surface area (Å²) in [5.74, 6) is 1.16. The lowest BCUT2D eigenvalue weighted by atomic mass is 10.1. The van der Waals surface area contributed by atoms with E-state index in [1.165, 1.54) is 0 Å². The molecule has 0 bridgehead atoms. The van der Waals surface area contributed by atoms with Gasteiger partial charge >= 0.3 is 0 Å². The van der Waals surface area contributed by atoms with E-state index < -0.39 is 0 Å². The van der Waals surface area contributed by atoms with Gasteiger partial charge in [0.1, 0.15) is 5.15 Å². The first-order valence-electron chi connectivity index (χ1n) is 6.15. The number of rotatable bonds is 2. The minimum Gasteiger partial charge on any atom is -0.311 e. The number of hydrogen-bond acceptors (Lipinski definition) is 3. The van der Waals surface area contributed by atoms with Crippen molar-refractivity contribution in [3.05, 3.63) is 35.5 Å². The number of aromatic nitrogens is 1. The van der Waals surface area contributed by atoms with Crippen LogP contribution < -0.4 is 4.90 Å². The molecule has 1 aromatic carbocycles. The maximum Gasteiger partial charge on any atom is 0.227 e. The smallest absolute Gasteiger partial charge is 0.227 e. The molecule has 0 N–H and O–H groups in total. The fourth-order valence-electron chi connectivity index (χ4n) is 2.49. The summed E-state index contributed by atoms with van der Waals surface area (Å²) in [6, 6.07) is 9.50. The lowest BCUT2D eigenvalue weighted by Gasteiger charge is -2.18. The highest BCUT2D eigenvalue weighted by Crippen LogP contribution is 2.33. The molecule has 0 radical (unpaired) electrons. The standard InChI is InChI=1S/C14H13ClN2OS/c15-13-6-12(10-3-1-2-4-11(10)16-13)17-7-9(8-19)5-14(17)18/h1-4,6,9,19H,5,7-8H2. The Balaban J connectivity index is 2.12. The van der Waals surface area contributed by atoms with Crippen LogP contribution in [0.4, 0.5) is 5.69 Å². The number of anilines is 1. The minimum absolute atomic E-state index is 0.131. The number of pyridine rings is 1. The zero-order chi connectivity index (χ0) is 13.4. The number of para-hydroxylation sites is 1. The monoisotopic (exact) mass is 292 g/mol. The van der Waals surface area contributed by atoms with E-state index in [0.29, 0.717) is 24.0 Å². The number of fused-ring (bicyclic) bond motifs is 1. The van der Waals surface area contributed by atoms with Crippen LogP contribution in [0.15, 0.2) is 30.3 Å². The molecule has 3 rings (SSSR count). The highest BCUT2D eigenvalue weighted by Gasteiger charge is 2.30. The van der Waals surface area contributed by atoms with Crippen molar-refractivity contribution >= 4 is 46.7 Å². The van der Waals surface area contributed by atoms with Crippen molar-refractivity contribution in [2.45, 2.75) is 6.42 Å². The van der Waals surface area contributed by atoms with Crippen molar-refractivity contribution in [3.8, 4) is 0 Å². The topological polar surface area (TPSA) is 33.2 Å². The van der Waals surface area contributed by atoms with Gasteiger partial charge in [0.05, 0.1) is 11.2 Å². The Hall–Kier alpha value is -1.26. The molecular formula is C14H13ClN2OS. The van der Waals surface area contributed by atoms with Gasteiger partial charge in [-0.15, -0.1) is 0 Å². The van der Waals surface area contributed by atoms with Crippen LogP contribution in [-0.4, -0.2) is 23.2 Å². The molecule has 1 aliphatic rings. The van der Waals surface area contributed by atoms with Gasteiger partial charge in [0, 0.05) is 18.4 Å².